The van der Waals surface area contributed by atoms with E-state index in [2.05, 4.69) is 17.4 Å². The number of benzene rings is 1. The molecule has 2 unspecified atom stereocenters. The summed E-state index contributed by atoms with van der Waals surface area (Å²) in [6.07, 6.45) is 0. The smallest absolute Gasteiger partial charge is 0.118 e. The predicted molar refractivity (Wildman–Crippen MR) is 59.2 cm³/mol. The summed E-state index contributed by atoms with van der Waals surface area (Å²) in [6.45, 7) is 2.12. The van der Waals surface area contributed by atoms with E-state index in [1.807, 2.05) is 12.1 Å². The van der Waals surface area contributed by atoms with Crippen molar-refractivity contribution in [1.82, 2.24) is 5.32 Å². The van der Waals surface area contributed by atoms with Crippen molar-refractivity contribution in [1.29, 1.82) is 0 Å². The van der Waals surface area contributed by atoms with Crippen LogP contribution in [0.25, 0.3) is 0 Å². The molecule has 3 nitrogen and oxygen atoms in total. The summed E-state index contributed by atoms with van der Waals surface area (Å²) in [7, 11) is 1.67. The molecule has 0 saturated carbocycles. The van der Waals surface area contributed by atoms with Crippen molar-refractivity contribution in [2.45, 2.75) is 5.92 Å². The van der Waals surface area contributed by atoms with E-state index < -0.39 is 0 Å². The normalized spacial score (nSPS) is 25.5. The number of rotatable bonds is 3. The Balaban J connectivity index is 2.14. The van der Waals surface area contributed by atoms with Gasteiger partial charge in [0.1, 0.15) is 5.75 Å². The quantitative estimate of drug-likeness (QED) is 0.776. The van der Waals surface area contributed by atoms with Crippen molar-refractivity contribution in [3.05, 3.63) is 29.8 Å². The van der Waals surface area contributed by atoms with E-state index in [0.717, 1.165) is 18.8 Å². The highest BCUT2D eigenvalue weighted by Gasteiger charge is 2.27. The van der Waals surface area contributed by atoms with Crippen LogP contribution in [-0.4, -0.2) is 31.9 Å². The molecule has 1 saturated heterocycles. The molecule has 82 valence electrons. The maximum absolute atomic E-state index is 9.23. The number of hydrogen-bond acceptors (Lipinski definition) is 3. The maximum Gasteiger partial charge on any atom is 0.118 e. The van der Waals surface area contributed by atoms with E-state index in [-0.39, 0.29) is 6.61 Å². The highest BCUT2D eigenvalue weighted by molar-refractivity contribution is 5.30. The van der Waals surface area contributed by atoms with Crippen LogP contribution < -0.4 is 10.1 Å². The van der Waals surface area contributed by atoms with Gasteiger partial charge in [-0.3, -0.25) is 0 Å². The molecule has 15 heavy (non-hydrogen) atoms. The number of nitrogens with one attached hydrogen (secondary N) is 1. The predicted octanol–water partition coefficient (Wildman–Crippen LogP) is 0.990. The molecule has 2 N–H and O–H groups in total. The molecule has 0 amide bonds. The molecule has 1 fully saturated rings. The van der Waals surface area contributed by atoms with Gasteiger partial charge >= 0.3 is 0 Å². The summed E-state index contributed by atoms with van der Waals surface area (Å²) < 4.78 is 5.12. The zero-order valence-electron chi connectivity index (χ0n) is 8.94. The van der Waals surface area contributed by atoms with Crippen LogP contribution in [0.3, 0.4) is 0 Å². The second-order valence-corrected chi connectivity index (χ2v) is 3.98. The Bertz CT molecular complexity index is 310. The molecule has 0 aromatic heterocycles. The van der Waals surface area contributed by atoms with E-state index in [9.17, 15) is 5.11 Å². The molecule has 0 spiro atoms. The van der Waals surface area contributed by atoms with E-state index in [4.69, 9.17) is 4.74 Å². The molecule has 1 aliphatic rings. The largest absolute Gasteiger partial charge is 0.497 e. The fourth-order valence-electron chi connectivity index (χ4n) is 2.17. The molecule has 0 radical (unpaired) electrons. The third-order valence-electron chi connectivity index (χ3n) is 3.12. The van der Waals surface area contributed by atoms with Crippen LogP contribution in [0.2, 0.25) is 0 Å². The summed E-state index contributed by atoms with van der Waals surface area (Å²) in [5.41, 5.74) is 1.28. The van der Waals surface area contributed by atoms with Crippen molar-refractivity contribution in [3.8, 4) is 5.75 Å². The zero-order chi connectivity index (χ0) is 10.7. The number of hydrogen-bond donors (Lipinski definition) is 2. The fourth-order valence-corrected chi connectivity index (χ4v) is 2.17. The van der Waals surface area contributed by atoms with Crippen LogP contribution in [0.15, 0.2) is 24.3 Å². The first kappa shape index (κ1) is 10.5. The summed E-state index contributed by atoms with van der Waals surface area (Å²) in [5, 5.41) is 12.5. The molecule has 1 aromatic carbocycles. The first-order chi connectivity index (χ1) is 7.35. The molecule has 2 atom stereocenters. The van der Waals surface area contributed by atoms with Crippen molar-refractivity contribution < 1.29 is 9.84 Å². The van der Waals surface area contributed by atoms with Gasteiger partial charge in [-0.2, -0.15) is 0 Å². The van der Waals surface area contributed by atoms with E-state index >= 15 is 0 Å². The first-order valence-corrected chi connectivity index (χ1v) is 5.30. The highest BCUT2D eigenvalue weighted by atomic mass is 16.5. The Hall–Kier alpha value is -1.06. The topological polar surface area (TPSA) is 41.5 Å². The van der Waals surface area contributed by atoms with Gasteiger partial charge in [-0.1, -0.05) is 12.1 Å². The van der Waals surface area contributed by atoms with Crippen LogP contribution in [-0.2, 0) is 0 Å². The van der Waals surface area contributed by atoms with Crippen molar-refractivity contribution >= 4 is 0 Å². The fraction of sp³-hybridized carbons (Fsp3) is 0.500. The summed E-state index contributed by atoms with van der Waals surface area (Å²) in [5.74, 6) is 1.66. The second kappa shape index (κ2) is 4.64. The Kier molecular flexibility index (Phi) is 3.23. The number of aliphatic hydroxyl groups is 1. The highest BCUT2D eigenvalue weighted by Crippen LogP contribution is 2.28. The number of methoxy groups -OCH3 is 1. The molecule has 1 aliphatic heterocycles. The Morgan fingerprint density at radius 1 is 1.33 bits per heavy atom. The van der Waals surface area contributed by atoms with E-state index in [0.29, 0.717) is 11.8 Å². The molecule has 0 bridgehead atoms. The van der Waals surface area contributed by atoms with Gasteiger partial charge in [-0.25, -0.2) is 0 Å². The van der Waals surface area contributed by atoms with Gasteiger partial charge in [-0.15, -0.1) is 0 Å². The van der Waals surface area contributed by atoms with Gasteiger partial charge < -0.3 is 15.2 Å². The molecule has 2 rings (SSSR count). The van der Waals surface area contributed by atoms with E-state index in [1.54, 1.807) is 7.11 Å². The minimum Gasteiger partial charge on any atom is -0.497 e. The molecule has 0 aliphatic carbocycles. The second-order valence-electron chi connectivity index (χ2n) is 3.98. The first-order valence-electron chi connectivity index (χ1n) is 5.30. The summed E-state index contributed by atoms with van der Waals surface area (Å²) >= 11 is 0. The maximum atomic E-state index is 9.23. The molecular formula is C12H17NO2. The number of ether oxygens (including phenoxy) is 1. The van der Waals surface area contributed by atoms with Gasteiger partial charge in [0.2, 0.25) is 0 Å². The SMILES string of the molecule is COc1ccc(C2CNCC2CO)cc1. The third kappa shape index (κ3) is 2.13. The average Bonchev–Trinajstić information content (AvgIpc) is 2.77. The molecule has 1 heterocycles. The van der Waals surface area contributed by atoms with Crippen molar-refractivity contribution in [2.75, 3.05) is 26.8 Å². The monoisotopic (exact) mass is 207 g/mol. The number of aliphatic hydroxyl groups excluding tert-OH is 1. The van der Waals surface area contributed by atoms with Gasteiger partial charge in [0.15, 0.2) is 0 Å². The Labute approximate surface area is 90.1 Å². The minimum absolute atomic E-state index is 0.254. The average molecular weight is 207 g/mol. The lowest BCUT2D eigenvalue weighted by Crippen LogP contribution is -2.14. The Morgan fingerprint density at radius 3 is 2.67 bits per heavy atom. The Morgan fingerprint density at radius 2 is 2.07 bits per heavy atom. The van der Waals surface area contributed by atoms with E-state index in [1.165, 1.54) is 5.56 Å². The van der Waals surface area contributed by atoms with Crippen LogP contribution in [0.4, 0.5) is 0 Å². The molecule has 3 heteroatoms. The summed E-state index contributed by atoms with van der Waals surface area (Å²) in [4.78, 5) is 0. The lowest BCUT2D eigenvalue weighted by Gasteiger charge is -2.16. The van der Waals surface area contributed by atoms with Gasteiger partial charge in [0.05, 0.1) is 7.11 Å². The van der Waals surface area contributed by atoms with Gasteiger partial charge in [0, 0.05) is 31.5 Å². The van der Waals surface area contributed by atoms with Gasteiger partial charge in [0.25, 0.3) is 0 Å². The third-order valence-corrected chi connectivity index (χ3v) is 3.12. The standard InChI is InChI=1S/C12H17NO2/c1-15-11-4-2-9(3-5-11)12-7-13-6-10(12)8-14/h2-5,10,12-14H,6-8H2,1H3. The zero-order valence-corrected chi connectivity index (χ0v) is 8.94. The minimum atomic E-state index is 0.254. The van der Waals surface area contributed by atoms with Gasteiger partial charge in [-0.05, 0) is 17.7 Å². The molecular weight excluding hydrogens is 190 g/mol. The van der Waals surface area contributed by atoms with Crippen LogP contribution in [0.5, 0.6) is 5.75 Å². The lowest BCUT2D eigenvalue weighted by atomic mass is 9.89. The summed E-state index contributed by atoms with van der Waals surface area (Å²) in [6, 6.07) is 8.11. The van der Waals surface area contributed by atoms with Crippen molar-refractivity contribution in [3.63, 3.8) is 0 Å². The van der Waals surface area contributed by atoms with Crippen LogP contribution in [0, 0.1) is 5.92 Å². The van der Waals surface area contributed by atoms with Crippen LogP contribution >= 0.6 is 0 Å². The lowest BCUT2D eigenvalue weighted by molar-refractivity contribution is 0.226. The van der Waals surface area contributed by atoms with Crippen molar-refractivity contribution in [2.24, 2.45) is 5.92 Å². The molecule has 1 aromatic rings. The van der Waals surface area contributed by atoms with Crippen LogP contribution in [0.1, 0.15) is 11.5 Å².